The molecule has 0 amide bonds. The zero-order valence-corrected chi connectivity index (χ0v) is 19.2. The Morgan fingerprint density at radius 3 is 2.33 bits per heavy atom. The van der Waals surface area contributed by atoms with Gasteiger partial charge in [-0.25, -0.2) is 0 Å². The molecule has 0 heterocycles. The molecule has 2 N–H and O–H groups in total. The molecule has 152 valence electrons. The van der Waals surface area contributed by atoms with Gasteiger partial charge in [-0.15, -0.1) is 0 Å². The van der Waals surface area contributed by atoms with Crippen LogP contribution >= 0.6 is 15.9 Å². The van der Waals surface area contributed by atoms with Gasteiger partial charge in [0.15, 0.2) is 6.29 Å². The average Bonchev–Trinajstić information content (AvgIpc) is 2.94. The summed E-state index contributed by atoms with van der Waals surface area (Å²) >= 11 is 3.53. The molecular weight excluding hydrogens is 404 g/mol. The fraction of sp³-hybridized carbons (Fsp3) is 0.636. The van der Waals surface area contributed by atoms with Crippen molar-refractivity contribution in [2.75, 3.05) is 7.11 Å². The lowest BCUT2D eigenvalue weighted by Crippen LogP contribution is -2.47. The lowest BCUT2D eigenvalue weighted by molar-refractivity contribution is -0.118. The molecule has 2 aliphatic carbocycles. The van der Waals surface area contributed by atoms with E-state index < -0.39 is 5.54 Å². The van der Waals surface area contributed by atoms with Crippen LogP contribution in [0.4, 0.5) is 0 Å². The van der Waals surface area contributed by atoms with E-state index in [0.717, 1.165) is 48.4 Å². The van der Waals surface area contributed by atoms with Gasteiger partial charge in [0.25, 0.3) is 0 Å². The molecule has 0 bridgehead atoms. The summed E-state index contributed by atoms with van der Waals surface area (Å²) in [6.45, 7) is 9.76. The number of benzene rings is 1. The molecule has 1 unspecified atom stereocenters. The highest BCUT2D eigenvalue weighted by Crippen LogP contribution is 2.59. The number of nitrogens with zero attached hydrogens (tertiary/aromatic N) is 1. The van der Waals surface area contributed by atoms with E-state index in [1.807, 2.05) is 39.8 Å². The number of nitrogens with two attached hydrogens (primary N) is 1. The van der Waals surface area contributed by atoms with E-state index in [1.54, 1.807) is 14.0 Å². The first-order valence-corrected chi connectivity index (χ1v) is 10.9. The maximum Gasteiger partial charge on any atom is 0.152 e. The largest absolute Gasteiger partial charge is 0.388 e. The summed E-state index contributed by atoms with van der Waals surface area (Å²) < 4.78 is 6.48. The number of rotatable bonds is 3. The Hall–Kier alpha value is -1.20. The minimum Gasteiger partial charge on any atom is -0.388 e. The van der Waals surface area contributed by atoms with Crippen LogP contribution in [0.1, 0.15) is 71.4 Å². The van der Waals surface area contributed by atoms with Gasteiger partial charge in [-0.05, 0) is 62.3 Å². The summed E-state index contributed by atoms with van der Waals surface area (Å²) in [5, 5.41) is 0. The number of aldehydes is 1. The van der Waals surface area contributed by atoms with Gasteiger partial charge in [0.2, 0.25) is 0 Å². The number of ether oxygens (including phenoxy) is 1. The number of amidine groups is 1. The molecule has 3 rings (SSSR count). The van der Waals surface area contributed by atoms with Crippen molar-refractivity contribution in [2.24, 2.45) is 16.1 Å². The first-order chi connectivity index (χ1) is 13.0. The van der Waals surface area contributed by atoms with Crippen LogP contribution in [0.25, 0.3) is 0 Å². The fourth-order valence-electron chi connectivity index (χ4n) is 4.45. The maximum absolute atomic E-state index is 12.4. The summed E-state index contributed by atoms with van der Waals surface area (Å²) in [4.78, 5) is 17.1. The third kappa shape index (κ3) is 4.45. The Kier molecular flexibility index (Phi) is 9.16. The van der Waals surface area contributed by atoms with Crippen molar-refractivity contribution in [3.05, 3.63) is 33.8 Å². The van der Waals surface area contributed by atoms with Gasteiger partial charge in [0.05, 0.1) is 11.9 Å². The molecule has 0 radical (unpaired) electrons. The van der Waals surface area contributed by atoms with Crippen LogP contribution in [0, 0.1) is 5.41 Å². The van der Waals surface area contributed by atoms with Crippen LogP contribution in [-0.4, -0.2) is 25.3 Å². The zero-order chi connectivity index (χ0) is 20.7. The highest BCUT2D eigenvalue weighted by atomic mass is 79.9. The number of aliphatic imine (C=N–C) groups is 1. The van der Waals surface area contributed by atoms with Crippen molar-refractivity contribution in [3.8, 4) is 0 Å². The number of carbonyl (C=O) groups excluding carboxylic acids is 1. The Labute approximate surface area is 173 Å². The van der Waals surface area contributed by atoms with E-state index in [2.05, 4.69) is 22.0 Å². The molecule has 1 aromatic rings. The SMILES string of the molecule is CC.CC.COC1CCC2(CC1)Cc1ccc(Br)cc1C2(C=O)N=C(C)N. The third-order valence-corrected chi connectivity index (χ3v) is 6.06. The second-order valence-corrected chi connectivity index (χ2v) is 7.75. The first-order valence-electron chi connectivity index (χ1n) is 10.1. The number of hydrogen-bond acceptors (Lipinski definition) is 3. The van der Waals surface area contributed by atoms with Crippen molar-refractivity contribution in [1.82, 2.24) is 0 Å². The standard InChI is InChI=1S/C18H23BrN2O2.2C2H6/c1-12(20)21-18(11-22)16-9-14(19)4-3-13(16)10-17(18)7-5-15(23-2)6-8-17;2*1-2/h3-4,9,11,15H,5-8,10H2,1-2H3,(H2,20,21);2*1-2H3. The van der Waals surface area contributed by atoms with Crippen LogP contribution in [0.15, 0.2) is 27.7 Å². The van der Waals surface area contributed by atoms with E-state index in [-0.39, 0.29) is 11.5 Å². The minimum atomic E-state index is -0.871. The Morgan fingerprint density at radius 1 is 1.26 bits per heavy atom. The van der Waals surface area contributed by atoms with Crippen molar-refractivity contribution in [3.63, 3.8) is 0 Å². The van der Waals surface area contributed by atoms with E-state index in [1.165, 1.54) is 5.56 Å². The maximum atomic E-state index is 12.4. The second kappa shape index (κ2) is 10.4. The quantitative estimate of drug-likeness (QED) is 0.389. The molecule has 1 saturated carbocycles. The van der Waals surface area contributed by atoms with Gasteiger partial charge in [0, 0.05) is 17.0 Å². The number of fused-ring (bicyclic) bond motifs is 1. The molecule has 27 heavy (non-hydrogen) atoms. The summed E-state index contributed by atoms with van der Waals surface area (Å²) in [7, 11) is 1.76. The predicted molar refractivity (Wildman–Crippen MR) is 117 cm³/mol. The normalized spacial score (nSPS) is 29.1. The average molecular weight is 439 g/mol. The molecule has 1 fully saturated rings. The van der Waals surface area contributed by atoms with Gasteiger partial charge >= 0.3 is 0 Å². The lowest BCUT2D eigenvalue weighted by atomic mass is 9.62. The number of carbonyl (C=O) groups is 1. The van der Waals surface area contributed by atoms with Gasteiger partial charge in [-0.3, -0.25) is 4.99 Å². The fourth-order valence-corrected chi connectivity index (χ4v) is 4.81. The Balaban J connectivity index is 0.000000855. The topological polar surface area (TPSA) is 64.7 Å². The predicted octanol–water partition coefficient (Wildman–Crippen LogP) is 5.40. The third-order valence-electron chi connectivity index (χ3n) is 5.57. The van der Waals surface area contributed by atoms with Crippen LogP contribution in [0.2, 0.25) is 0 Å². The van der Waals surface area contributed by atoms with Gasteiger partial charge in [-0.2, -0.15) is 0 Å². The summed E-state index contributed by atoms with van der Waals surface area (Å²) in [5.74, 6) is 0.457. The highest BCUT2D eigenvalue weighted by Gasteiger charge is 2.59. The Morgan fingerprint density at radius 2 is 1.85 bits per heavy atom. The number of hydrogen-bond donors (Lipinski definition) is 1. The monoisotopic (exact) mass is 438 g/mol. The van der Waals surface area contributed by atoms with E-state index in [0.29, 0.717) is 5.84 Å². The van der Waals surface area contributed by atoms with Crippen LogP contribution < -0.4 is 5.73 Å². The van der Waals surface area contributed by atoms with E-state index >= 15 is 0 Å². The molecule has 1 aromatic carbocycles. The lowest BCUT2D eigenvalue weighted by Gasteiger charge is -2.45. The van der Waals surface area contributed by atoms with Crippen molar-refractivity contribution in [2.45, 2.75) is 78.4 Å². The van der Waals surface area contributed by atoms with Gasteiger partial charge < -0.3 is 15.3 Å². The highest BCUT2D eigenvalue weighted by molar-refractivity contribution is 9.10. The molecular formula is C22H35BrN2O2. The van der Waals surface area contributed by atoms with Crippen molar-refractivity contribution < 1.29 is 9.53 Å². The van der Waals surface area contributed by atoms with Crippen molar-refractivity contribution in [1.29, 1.82) is 0 Å². The zero-order valence-electron chi connectivity index (χ0n) is 17.6. The van der Waals surface area contributed by atoms with Gasteiger partial charge in [0.1, 0.15) is 5.54 Å². The molecule has 0 saturated heterocycles. The molecule has 4 nitrogen and oxygen atoms in total. The van der Waals surface area contributed by atoms with E-state index in [9.17, 15) is 4.79 Å². The van der Waals surface area contributed by atoms with Crippen LogP contribution in [0.3, 0.4) is 0 Å². The summed E-state index contributed by atoms with van der Waals surface area (Å²) in [6, 6.07) is 6.18. The first kappa shape index (κ1) is 23.8. The van der Waals surface area contributed by atoms with E-state index in [4.69, 9.17) is 15.5 Å². The molecule has 1 atom stereocenters. The Bertz CT molecular complexity index is 648. The number of methoxy groups -OCH3 is 1. The smallest absolute Gasteiger partial charge is 0.152 e. The molecule has 0 aliphatic heterocycles. The summed E-state index contributed by atoms with van der Waals surface area (Å²) in [5.41, 5.74) is 7.08. The van der Waals surface area contributed by atoms with Gasteiger partial charge in [-0.1, -0.05) is 49.7 Å². The molecule has 2 aliphatic rings. The molecule has 0 aromatic heterocycles. The van der Waals surface area contributed by atoms with Crippen LogP contribution in [0.5, 0.6) is 0 Å². The number of halogens is 1. The van der Waals surface area contributed by atoms with Crippen molar-refractivity contribution >= 4 is 28.1 Å². The van der Waals surface area contributed by atoms with Crippen LogP contribution in [-0.2, 0) is 21.5 Å². The minimum absolute atomic E-state index is 0.187. The summed E-state index contributed by atoms with van der Waals surface area (Å²) in [6.07, 6.45) is 5.95. The molecule has 5 heteroatoms. The second-order valence-electron chi connectivity index (χ2n) is 6.83. The molecule has 1 spiro atoms.